The van der Waals surface area contributed by atoms with E-state index in [9.17, 15) is 9.18 Å². The molecule has 3 N–H and O–H groups in total. The molecule has 0 aromatic heterocycles. The number of nitrogen functional groups attached to an aromatic ring is 1. The van der Waals surface area contributed by atoms with Gasteiger partial charge in [0.25, 0.3) is 5.91 Å². The molecule has 0 spiro atoms. The largest absolute Gasteiger partial charge is 0.398 e. The van der Waals surface area contributed by atoms with Crippen LogP contribution in [0.15, 0.2) is 48.5 Å². The van der Waals surface area contributed by atoms with Gasteiger partial charge < -0.3 is 16.0 Å². The number of para-hydroxylation sites is 1. The van der Waals surface area contributed by atoms with Crippen LogP contribution in [0.4, 0.5) is 15.8 Å². The summed E-state index contributed by atoms with van der Waals surface area (Å²) < 4.78 is 13.4. The van der Waals surface area contributed by atoms with Crippen molar-refractivity contribution in [2.75, 3.05) is 23.7 Å². The molecule has 2 aromatic carbocycles. The van der Waals surface area contributed by atoms with E-state index in [-0.39, 0.29) is 17.8 Å². The van der Waals surface area contributed by atoms with Crippen molar-refractivity contribution < 1.29 is 9.18 Å². The van der Waals surface area contributed by atoms with Crippen molar-refractivity contribution in [3.05, 3.63) is 59.9 Å². The zero-order valence-electron chi connectivity index (χ0n) is 12.8. The van der Waals surface area contributed by atoms with Crippen LogP contribution in [0.2, 0.25) is 0 Å². The summed E-state index contributed by atoms with van der Waals surface area (Å²) in [6, 6.07) is 13.6. The first-order valence-corrected chi connectivity index (χ1v) is 7.79. The Labute approximate surface area is 135 Å². The summed E-state index contributed by atoms with van der Waals surface area (Å²) in [6.45, 7) is 1.53. The Morgan fingerprint density at radius 1 is 1.22 bits per heavy atom. The lowest BCUT2D eigenvalue weighted by molar-refractivity contribution is 0.0934. The number of nitrogens with zero attached hydrogens (tertiary/aromatic N) is 1. The predicted molar refractivity (Wildman–Crippen MR) is 90.0 cm³/mol. The van der Waals surface area contributed by atoms with Crippen molar-refractivity contribution in [3.8, 4) is 0 Å². The molecule has 0 saturated carbocycles. The standard InChI is InChI=1S/C18H20FN3O/c19-13-5-3-7-15(11-13)22-10-4-6-14(12-22)21-18(23)16-8-1-2-9-17(16)20/h1-3,5,7-9,11,14H,4,6,10,12,20H2,(H,21,23). The Kier molecular flexibility index (Phi) is 4.46. The van der Waals surface area contributed by atoms with Crippen LogP contribution < -0.4 is 16.0 Å². The quantitative estimate of drug-likeness (QED) is 0.857. The summed E-state index contributed by atoms with van der Waals surface area (Å²) in [7, 11) is 0. The van der Waals surface area contributed by atoms with Crippen LogP contribution in [0.1, 0.15) is 23.2 Å². The van der Waals surface area contributed by atoms with Crippen LogP contribution in [0, 0.1) is 5.82 Å². The van der Waals surface area contributed by atoms with E-state index in [1.54, 1.807) is 30.3 Å². The van der Waals surface area contributed by atoms with E-state index in [0.29, 0.717) is 17.8 Å². The van der Waals surface area contributed by atoms with Gasteiger partial charge in [-0.05, 0) is 43.2 Å². The summed E-state index contributed by atoms with van der Waals surface area (Å²) in [5.41, 5.74) is 7.67. The van der Waals surface area contributed by atoms with Crippen LogP contribution in [0.5, 0.6) is 0 Å². The van der Waals surface area contributed by atoms with Crippen molar-refractivity contribution in [3.63, 3.8) is 0 Å². The molecule has 23 heavy (non-hydrogen) atoms. The normalized spacial score (nSPS) is 17.8. The number of rotatable bonds is 3. The lowest BCUT2D eigenvalue weighted by Gasteiger charge is -2.34. The van der Waals surface area contributed by atoms with Gasteiger partial charge in [0.2, 0.25) is 0 Å². The van der Waals surface area contributed by atoms with Crippen LogP contribution in [0.3, 0.4) is 0 Å². The van der Waals surface area contributed by atoms with E-state index in [2.05, 4.69) is 10.2 Å². The van der Waals surface area contributed by atoms with Gasteiger partial charge in [-0.25, -0.2) is 4.39 Å². The fraction of sp³-hybridized carbons (Fsp3) is 0.278. The van der Waals surface area contributed by atoms with Crippen molar-refractivity contribution in [2.45, 2.75) is 18.9 Å². The number of benzene rings is 2. The number of anilines is 2. The van der Waals surface area contributed by atoms with Gasteiger partial charge in [-0.3, -0.25) is 4.79 Å². The molecule has 4 nitrogen and oxygen atoms in total. The molecule has 1 fully saturated rings. The van der Waals surface area contributed by atoms with Gasteiger partial charge in [0.15, 0.2) is 0 Å². The highest BCUT2D eigenvalue weighted by Gasteiger charge is 2.22. The molecule has 1 heterocycles. The molecule has 1 atom stereocenters. The third-order valence-electron chi connectivity index (χ3n) is 4.14. The molecule has 0 bridgehead atoms. The van der Waals surface area contributed by atoms with Gasteiger partial charge in [0.05, 0.1) is 5.56 Å². The molecule has 1 aliphatic rings. The molecule has 3 rings (SSSR count). The van der Waals surface area contributed by atoms with Crippen molar-refractivity contribution in [1.29, 1.82) is 0 Å². The fourth-order valence-electron chi connectivity index (χ4n) is 2.97. The number of piperidine rings is 1. The van der Waals surface area contributed by atoms with Gasteiger partial charge >= 0.3 is 0 Å². The first-order chi connectivity index (χ1) is 11.1. The number of carbonyl (C=O) groups excluding carboxylic acids is 1. The second-order valence-electron chi connectivity index (χ2n) is 5.83. The molecule has 1 aliphatic heterocycles. The van der Waals surface area contributed by atoms with Crippen LogP contribution in [0.25, 0.3) is 0 Å². The molecule has 1 unspecified atom stereocenters. The average molecular weight is 313 g/mol. The van der Waals surface area contributed by atoms with Gasteiger partial charge in [0.1, 0.15) is 5.82 Å². The maximum absolute atomic E-state index is 13.4. The smallest absolute Gasteiger partial charge is 0.253 e. The highest BCUT2D eigenvalue weighted by Crippen LogP contribution is 2.21. The number of hydrogen-bond acceptors (Lipinski definition) is 3. The summed E-state index contributed by atoms with van der Waals surface area (Å²) in [6.07, 6.45) is 1.86. The maximum Gasteiger partial charge on any atom is 0.253 e. The molecule has 1 saturated heterocycles. The van der Waals surface area contributed by atoms with Crippen molar-refractivity contribution in [2.24, 2.45) is 0 Å². The highest BCUT2D eigenvalue weighted by atomic mass is 19.1. The Bertz CT molecular complexity index is 704. The summed E-state index contributed by atoms with van der Waals surface area (Å²) >= 11 is 0. The predicted octanol–water partition coefficient (Wildman–Crippen LogP) is 2.81. The Balaban J connectivity index is 1.67. The Hall–Kier alpha value is -2.56. The first kappa shape index (κ1) is 15.3. The molecule has 5 heteroatoms. The lowest BCUT2D eigenvalue weighted by atomic mass is 10.0. The third kappa shape index (κ3) is 3.62. The van der Waals surface area contributed by atoms with Crippen molar-refractivity contribution >= 4 is 17.3 Å². The first-order valence-electron chi connectivity index (χ1n) is 7.79. The maximum atomic E-state index is 13.4. The SMILES string of the molecule is Nc1ccccc1C(=O)NC1CCCN(c2cccc(F)c2)C1. The van der Waals surface area contributed by atoms with Gasteiger partial charge in [-0.2, -0.15) is 0 Å². The zero-order valence-corrected chi connectivity index (χ0v) is 12.8. The van der Waals surface area contributed by atoms with Gasteiger partial charge in [-0.15, -0.1) is 0 Å². The molecular weight excluding hydrogens is 293 g/mol. The minimum atomic E-state index is -0.245. The molecule has 0 radical (unpaired) electrons. The Morgan fingerprint density at radius 2 is 2.04 bits per heavy atom. The molecule has 120 valence electrons. The Morgan fingerprint density at radius 3 is 2.83 bits per heavy atom. The highest BCUT2D eigenvalue weighted by molar-refractivity contribution is 5.99. The zero-order chi connectivity index (χ0) is 16.2. The van der Waals surface area contributed by atoms with Crippen molar-refractivity contribution in [1.82, 2.24) is 5.32 Å². The number of nitrogens with two attached hydrogens (primary N) is 1. The topological polar surface area (TPSA) is 58.4 Å². The second kappa shape index (κ2) is 6.69. The van der Waals surface area contributed by atoms with Gasteiger partial charge in [-0.1, -0.05) is 18.2 Å². The van der Waals surface area contributed by atoms with E-state index in [1.165, 1.54) is 12.1 Å². The monoisotopic (exact) mass is 313 g/mol. The average Bonchev–Trinajstić information content (AvgIpc) is 2.55. The second-order valence-corrected chi connectivity index (χ2v) is 5.83. The van der Waals surface area contributed by atoms with E-state index in [4.69, 9.17) is 5.73 Å². The minimum absolute atomic E-state index is 0.0270. The molecule has 1 amide bonds. The van der Waals surface area contributed by atoms with Crippen LogP contribution >= 0.6 is 0 Å². The third-order valence-corrected chi connectivity index (χ3v) is 4.14. The molecular formula is C18H20FN3O. The van der Waals surface area contributed by atoms with E-state index >= 15 is 0 Å². The summed E-state index contributed by atoms with van der Waals surface area (Å²) in [4.78, 5) is 14.5. The van der Waals surface area contributed by atoms with Gasteiger partial charge in [0, 0.05) is 30.5 Å². The number of carbonyl (C=O) groups is 1. The molecule has 2 aromatic rings. The minimum Gasteiger partial charge on any atom is -0.398 e. The lowest BCUT2D eigenvalue weighted by Crippen LogP contribution is -2.48. The number of nitrogens with one attached hydrogen (secondary N) is 1. The van der Waals surface area contributed by atoms with E-state index < -0.39 is 0 Å². The fourth-order valence-corrected chi connectivity index (χ4v) is 2.97. The summed E-state index contributed by atoms with van der Waals surface area (Å²) in [5, 5.41) is 3.04. The van der Waals surface area contributed by atoms with E-state index in [0.717, 1.165) is 25.1 Å². The van der Waals surface area contributed by atoms with Crippen LogP contribution in [-0.2, 0) is 0 Å². The van der Waals surface area contributed by atoms with Crippen LogP contribution in [-0.4, -0.2) is 25.0 Å². The number of halogens is 1. The summed E-state index contributed by atoms with van der Waals surface area (Å²) in [5.74, 6) is -0.403. The number of amides is 1. The molecule has 0 aliphatic carbocycles. The number of hydrogen-bond donors (Lipinski definition) is 2. The van der Waals surface area contributed by atoms with E-state index in [1.807, 2.05) is 6.07 Å².